The van der Waals surface area contributed by atoms with Gasteiger partial charge in [-0.15, -0.1) is 0 Å². The van der Waals surface area contributed by atoms with Crippen molar-refractivity contribution in [2.24, 2.45) is 0 Å². The summed E-state index contributed by atoms with van der Waals surface area (Å²) >= 11 is 0. The highest BCUT2D eigenvalue weighted by molar-refractivity contribution is 5.15. The molecule has 1 heterocycles. The van der Waals surface area contributed by atoms with Crippen LogP contribution in [0.5, 0.6) is 0 Å². The summed E-state index contributed by atoms with van der Waals surface area (Å²) in [7, 11) is 0. The van der Waals surface area contributed by atoms with Crippen LogP contribution >= 0.6 is 0 Å². The average molecular weight is 382 g/mol. The molecule has 1 aromatic carbocycles. The predicted octanol–water partition coefficient (Wildman–Crippen LogP) is 1.56. The van der Waals surface area contributed by atoms with Crippen molar-refractivity contribution in [3.05, 3.63) is 35.9 Å². The van der Waals surface area contributed by atoms with Gasteiger partial charge in [-0.25, -0.2) is 0 Å². The van der Waals surface area contributed by atoms with Crippen LogP contribution in [0.25, 0.3) is 0 Å². The fourth-order valence-electron chi connectivity index (χ4n) is 3.76. The highest BCUT2D eigenvalue weighted by Crippen LogP contribution is 2.29. The van der Waals surface area contributed by atoms with E-state index in [9.17, 15) is 15.3 Å². The molecule has 154 valence electrons. The summed E-state index contributed by atoms with van der Waals surface area (Å²) in [5, 5.41) is 30.3. The third-order valence-corrected chi connectivity index (χ3v) is 4.78. The van der Waals surface area contributed by atoms with Crippen LogP contribution in [0.4, 0.5) is 0 Å². The summed E-state index contributed by atoms with van der Waals surface area (Å²) in [5.74, 6) is 0. The summed E-state index contributed by atoms with van der Waals surface area (Å²) in [5.41, 5.74) is 1.16. The van der Waals surface area contributed by atoms with E-state index in [0.29, 0.717) is 19.5 Å². The Hall–Kier alpha value is -1.02. The van der Waals surface area contributed by atoms with Crippen molar-refractivity contribution in [2.45, 2.75) is 83.3 Å². The molecule has 1 aliphatic heterocycles. The molecular weight excluding hydrogens is 346 g/mol. The monoisotopic (exact) mass is 381 g/mol. The maximum atomic E-state index is 10.4. The van der Waals surface area contributed by atoms with Crippen molar-refractivity contribution >= 4 is 0 Å². The number of hydrogen-bond donors (Lipinski definition) is 3. The molecule has 6 heteroatoms. The number of rotatable bonds is 10. The number of benzene rings is 1. The molecule has 0 saturated carbocycles. The first kappa shape index (κ1) is 22.3. The molecule has 0 bridgehead atoms. The first-order valence-corrected chi connectivity index (χ1v) is 9.87. The molecule has 0 aromatic heterocycles. The first-order chi connectivity index (χ1) is 12.8. The van der Waals surface area contributed by atoms with E-state index in [1.165, 1.54) is 0 Å². The van der Waals surface area contributed by atoms with Crippen LogP contribution in [0.15, 0.2) is 30.3 Å². The van der Waals surface area contributed by atoms with Crippen molar-refractivity contribution in [1.82, 2.24) is 4.90 Å². The first-order valence-electron chi connectivity index (χ1n) is 9.87. The summed E-state index contributed by atoms with van der Waals surface area (Å²) in [6.45, 7) is 8.51. The zero-order valence-corrected chi connectivity index (χ0v) is 16.9. The lowest BCUT2D eigenvalue weighted by Gasteiger charge is -2.39. The maximum absolute atomic E-state index is 10.4. The molecule has 1 aromatic rings. The minimum Gasteiger partial charge on any atom is -0.394 e. The number of hydrogen-bond acceptors (Lipinski definition) is 6. The lowest BCUT2D eigenvalue weighted by atomic mass is 9.97. The highest BCUT2D eigenvalue weighted by Gasteiger charge is 2.44. The van der Waals surface area contributed by atoms with Crippen LogP contribution in [-0.2, 0) is 16.0 Å². The van der Waals surface area contributed by atoms with Gasteiger partial charge in [0.2, 0.25) is 0 Å². The second-order valence-electron chi connectivity index (χ2n) is 7.92. The van der Waals surface area contributed by atoms with E-state index < -0.39 is 31.0 Å². The normalized spacial score (nSPS) is 24.5. The van der Waals surface area contributed by atoms with Crippen LogP contribution in [0.3, 0.4) is 0 Å². The van der Waals surface area contributed by atoms with Gasteiger partial charge in [0.15, 0.2) is 0 Å². The molecule has 0 amide bonds. The smallest absolute Gasteiger partial charge is 0.114 e. The van der Waals surface area contributed by atoms with E-state index in [2.05, 4.69) is 17.0 Å². The molecule has 5 atom stereocenters. The van der Waals surface area contributed by atoms with Gasteiger partial charge >= 0.3 is 0 Å². The Morgan fingerprint density at radius 2 is 1.70 bits per heavy atom. The van der Waals surface area contributed by atoms with E-state index in [1.54, 1.807) is 0 Å². The van der Waals surface area contributed by atoms with Crippen LogP contribution in [0.1, 0.15) is 39.7 Å². The van der Waals surface area contributed by atoms with E-state index in [4.69, 9.17) is 9.47 Å². The second kappa shape index (κ2) is 10.5. The third kappa shape index (κ3) is 6.52. The lowest BCUT2D eigenvalue weighted by molar-refractivity contribution is -0.175. The molecule has 0 spiro atoms. The van der Waals surface area contributed by atoms with Gasteiger partial charge in [0.25, 0.3) is 0 Å². The minimum atomic E-state index is -1.05. The van der Waals surface area contributed by atoms with E-state index >= 15 is 0 Å². The van der Waals surface area contributed by atoms with E-state index in [-0.39, 0.29) is 18.2 Å². The van der Waals surface area contributed by atoms with Crippen molar-refractivity contribution in [1.29, 1.82) is 0 Å². The quantitative estimate of drug-likeness (QED) is 0.571. The number of nitrogens with zero attached hydrogens (tertiary/aromatic N) is 1. The predicted molar refractivity (Wildman–Crippen MR) is 104 cm³/mol. The zero-order chi connectivity index (χ0) is 20.0. The van der Waals surface area contributed by atoms with Crippen LogP contribution in [-0.4, -0.2) is 76.0 Å². The molecule has 1 aliphatic rings. The molecule has 0 unspecified atom stereocenters. The number of ether oxygens (including phenoxy) is 2. The van der Waals surface area contributed by atoms with Gasteiger partial charge in [0.1, 0.15) is 18.3 Å². The van der Waals surface area contributed by atoms with Crippen LogP contribution in [0.2, 0.25) is 0 Å². The van der Waals surface area contributed by atoms with E-state index in [0.717, 1.165) is 5.56 Å². The molecule has 0 radical (unpaired) electrons. The largest absolute Gasteiger partial charge is 0.394 e. The van der Waals surface area contributed by atoms with Gasteiger partial charge in [0, 0.05) is 19.1 Å². The lowest BCUT2D eigenvalue weighted by Crippen LogP contribution is -2.54. The van der Waals surface area contributed by atoms with Gasteiger partial charge in [-0.3, -0.25) is 4.90 Å². The molecule has 6 nitrogen and oxygen atoms in total. The topological polar surface area (TPSA) is 82.4 Å². The molecule has 27 heavy (non-hydrogen) atoms. The zero-order valence-electron chi connectivity index (χ0n) is 16.9. The summed E-state index contributed by atoms with van der Waals surface area (Å²) in [4.78, 5) is 2.19. The molecule has 3 N–H and O–H groups in total. The second-order valence-corrected chi connectivity index (χ2v) is 7.92. The van der Waals surface area contributed by atoms with E-state index in [1.807, 2.05) is 45.9 Å². The fraction of sp³-hybridized carbons (Fsp3) is 0.714. The molecular formula is C21H35NO5. The molecule has 1 fully saturated rings. The van der Waals surface area contributed by atoms with Crippen molar-refractivity contribution in [2.75, 3.05) is 13.2 Å². The van der Waals surface area contributed by atoms with Gasteiger partial charge in [-0.05, 0) is 39.7 Å². The Morgan fingerprint density at radius 1 is 1.07 bits per heavy atom. The standard InChI is InChI=1S/C21H35NO5/c1-14(2)26-20(21(19(25)13-23)27-15(3)4)18-10-17(24)12-22(18)11-16-8-6-5-7-9-16/h5-9,14-15,17-21,23-25H,10-13H2,1-4H3/t17-,18-,19+,20-,21+/m0/s1. The number of likely N-dealkylation sites (tertiary alicyclic amines) is 1. The third-order valence-electron chi connectivity index (χ3n) is 4.78. The van der Waals surface area contributed by atoms with Gasteiger partial charge < -0.3 is 24.8 Å². The minimum absolute atomic E-state index is 0.0736. The summed E-state index contributed by atoms with van der Waals surface area (Å²) < 4.78 is 12.2. The van der Waals surface area contributed by atoms with Gasteiger partial charge in [-0.1, -0.05) is 30.3 Å². The number of aliphatic hydroxyl groups excluding tert-OH is 3. The molecule has 1 saturated heterocycles. The maximum Gasteiger partial charge on any atom is 0.114 e. The van der Waals surface area contributed by atoms with Crippen molar-refractivity contribution < 1.29 is 24.8 Å². The van der Waals surface area contributed by atoms with Crippen LogP contribution in [0, 0.1) is 0 Å². The van der Waals surface area contributed by atoms with Gasteiger partial charge in [-0.2, -0.15) is 0 Å². The number of aliphatic hydroxyl groups is 3. The van der Waals surface area contributed by atoms with Crippen LogP contribution < -0.4 is 0 Å². The average Bonchev–Trinajstić information content (AvgIpc) is 2.97. The number of β-amino-alcohol motifs (C(OH)–C–C–N with tert-alkyl or cyclic N) is 1. The van der Waals surface area contributed by atoms with Gasteiger partial charge in [0.05, 0.1) is 24.9 Å². The Labute approximate surface area is 162 Å². The Kier molecular flexibility index (Phi) is 8.66. The Bertz CT molecular complexity index is 539. The highest BCUT2D eigenvalue weighted by atomic mass is 16.6. The Balaban J connectivity index is 2.27. The Morgan fingerprint density at radius 3 is 2.26 bits per heavy atom. The van der Waals surface area contributed by atoms with Crippen molar-refractivity contribution in [3.63, 3.8) is 0 Å². The van der Waals surface area contributed by atoms with Crippen molar-refractivity contribution in [3.8, 4) is 0 Å². The molecule has 2 rings (SSSR count). The summed E-state index contributed by atoms with van der Waals surface area (Å²) in [6.07, 6.45) is -2.30. The SMILES string of the molecule is CC(C)O[C@H]([C@H](OC(C)C)[C@H](O)CO)[C@@H]1C[C@H](O)CN1Cc1ccccc1. The summed E-state index contributed by atoms with van der Waals surface area (Å²) in [6, 6.07) is 9.98. The molecule has 0 aliphatic carbocycles. The fourth-order valence-corrected chi connectivity index (χ4v) is 3.76.